The fourth-order valence-electron chi connectivity index (χ4n) is 2.81. The van der Waals surface area contributed by atoms with Crippen LogP contribution in [0.2, 0.25) is 0 Å². The first-order chi connectivity index (χ1) is 12.5. The Hall–Kier alpha value is -3.48. The molecule has 3 aromatic rings. The van der Waals surface area contributed by atoms with Gasteiger partial charge in [0.25, 0.3) is 5.69 Å². The molecular weight excluding hydrogens is 334 g/mol. The molecule has 0 unspecified atom stereocenters. The minimum atomic E-state index is -0.494. The van der Waals surface area contributed by atoms with Crippen LogP contribution in [0.1, 0.15) is 23.2 Å². The summed E-state index contributed by atoms with van der Waals surface area (Å²) in [5.41, 5.74) is 1.50. The van der Waals surface area contributed by atoms with Gasteiger partial charge in [-0.2, -0.15) is 0 Å². The molecule has 0 aliphatic heterocycles. The fourth-order valence-corrected chi connectivity index (χ4v) is 2.81. The third-order valence-electron chi connectivity index (χ3n) is 4.21. The van der Waals surface area contributed by atoms with E-state index in [9.17, 15) is 19.7 Å². The highest BCUT2D eigenvalue weighted by atomic mass is 16.6. The molecule has 0 saturated heterocycles. The molecule has 2 aromatic carbocycles. The maximum absolute atomic E-state index is 12.4. The summed E-state index contributed by atoms with van der Waals surface area (Å²) in [5, 5.41) is 14.6. The number of hydrogen-bond acceptors (Lipinski definition) is 4. The lowest BCUT2D eigenvalue weighted by atomic mass is 10.1. The molecule has 0 fully saturated rings. The molecule has 132 valence electrons. The molecule has 0 bridgehead atoms. The number of para-hydroxylation sites is 1. The summed E-state index contributed by atoms with van der Waals surface area (Å²) in [6.07, 6.45) is 1.72. The van der Waals surface area contributed by atoms with E-state index in [0.29, 0.717) is 11.3 Å². The van der Waals surface area contributed by atoms with E-state index < -0.39 is 4.92 Å². The van der Waals surface area contributed by atoms with E-state index in [-0.39, 0.29) is 30.3 Å². The predicted molar refractivity (Wildman–Crippen MR) is 98.3 cm³/mol. The van der Waals surface area contributed by atoms with Crippen LogP contribution in [0.3, 0.4) is 0 Å². The number of carbonyl (C=O) groups is 2. The Labute approximate surface area is 149 Å². The molecule has 1 N–H and O–H groups in total. The Morgan fingerprint density at radius 1 is 1.08 bits per heavy atom. The van der Waals surface area contributed by atoms with Gasteiger partial charge in [-0.15, -0.1) is 0 Å². The summed E-state index contributed by atoms with van der Waals surface area (Å²) in [4.78, 5) is 35.0. The first-order valence-corrected chi connectivity index (χ1v) is 8.10. The summed E-state index contributed by atoms with van der Waals surface area (Å²) in [5.74, 6) is -0.546. The molecule has 0 atom stereocenters. The van der Waals surface area contributed by atoms with Crippen LogP contribution in [0.5, 0.6) is 0 Å². The van der Waals surface area contributed by atoms with Gasteiger partial charge in [0.05, 0.1) is 21.7 Å². The van der Waals surface area contributed by atoms with Crippen molar-refractivity contribution in [1.82, 2.24) is 4.57 Å². The third-order valence-corrected chi connectivity index (χ3v) is 4.21. The minimum absolute atomic E-state index is 0.00648. The van der Waals surface area contributed by atoms with Crippen LogP contribution in [0.25, 0.3) is 10.9 Å². The van der Waals surface area contributed by atoms with E-state index in [1.165, 1.54) is 16.7 Å². The molecule has 1 heterocycles. The summed E-state index contributed by atoms with van der Waals surface area (Å²) >= 11 is 0. The average molecular weight is 351 g/mol. The number of carbonyl (C=O) groups excluding carboxylic acids is 2. The van der Waals surface area contributed by atoms with Crippen LogP contribution in [0.15, 0.2) is 54.7 Å². The van der Waals surface area contributed by atoms with Gasteiger partial charge in [0.2, 0.25) is 11.8 Å². The molecule has 3 rings (SSSR count). The van der Waals surface area contributed by atoms with Crippen LogP contribution in [-0.2, 0) is 4.79 Å². The zero-order valence-corrected chi connectivity index (χ0v) is 14.1. The number of nitro groups is 1. The van der Waals surface area contributed by atoms with Crippen LogP contribution in [0, 0.1) is 17.0 Å². The summed E-state index contributed by atoms with van der Waals surface area (Å²) in [7, 11) is 0. The van der Waals surface area contributed by atoms with Crippen molar-refractivity contribution in [2.45, 2.75) is 19.8 Å². The molecule has 1 amide bonds. The predicted octanol–water partition coefficient (Wildman–Crippen LogP) is 3.92. The number of hydrogen-bond donors (Lipinski definition) is 1. The molecule has 26 heavy (non-hydrogen) atoms. The fraction of sp³-hybridized carbons (Fsp3) is 0.158. The maximum Gasteiger partial charge on any atom is 0.274 e. The van der Waals surface area contributed by atoms with Crippen LogP contribution in [0.4, 0.5) is 11.4 Å². The van der Waals surface area contributed by atoms with Crippen LogP contribution < -0.4 is 5.32 Å². The summed E-state index contributed by atoms with van der Waals surface area (Å²) in [6, 6.07) is 13.8. The van der Waals surface area contributed by atoms with Gasteiger partial charge in [0, 0.05) is 30.5 Å². The Bertz CT molecular complexity index is 1010. The first kappa shape index (κ1) is 17.3. The molecule has 0 aliphatic carbocycles. The van der Waals surface area contributed by atoms with Gasteiger partial charge >= 0.3 is 0 Å². The number of nitrogens with one attached hydrogen (secondary N) is 1. The van der Waals surface area contributed by atoms with Gasteiger partial charge in [-0.1, -0.05) is 24.3 Å². The SMILES string of the molecule is Cc1c(NC(=O)CCC(=O)n2ccc3ccccc32)cccc1[N+](=O)[O-]. The van der Waals surface area contributed by atoms with Crippen molar-refractivity contribution < 1.29 is 14.5 Å². The zero-order valence-electron chi connectivity index (χ0n) is 14.1. The molecule has 0 aliphatic rings. The van der Waals surface area contributed by atoms with Gasteiger partial charge in [-0.3, -0.25) is 24.3 Å². The molecule has 7 nitrogen and oxygen atoms in total. The lowest BCUT2D eigenvalue weighted by Gasteiger charge is -2.09. The standard InChI is InChI=1S/C19H17N3O4/c1-13-15(6-4-8-16(13)22(25)26)20-18(23)9-10-19(24)21-12-11-14-5-2-3-7-17(14)21/h2-8,11-12H,9-10H2,1H3,(H,20,23). The molecule has 0 radical (unpaired) electrons. The van der Waals surface area contributed by atoms with E-state index in [4.69, 9.17) is 0 Å². The summed E-state index contributed by atoms with van der Waals surface area (Å²) in [6.45, 7) is 1.57. The Kier molecular flexibility index (Phi) is 4.79. The van der Waals surface area contributed by atoms with Gasteiger partial charge in [-0.05, 0) is 25.1 Å². The quantitative estimate of drug-likeness (QED) is 0.557. The monoisotopic (exact) mass is 351 g/mol. The lowest BCUT2D eigenvalue weighted by molar-refractivity contribution is -0.385. The lowest BCUT2D eigenvalue weighted by Crippen LogP contribution is -2.17. The van der Waals surface area contributed by atoms with E-state index in [0.717, 1.165) is 10.9 Å². The maximum atomic E-state index is 12.4. The van der Waals surface area contributed by atoms with E-state index >= 15 is 0 Å². The van der Waals surface area contributed by atoms with Crippen molar-refractivity contribution in [2.75, 3.05) is 5.32 Å². The van der Waals surface area contributed by atoms with Crippen molar-refractivity contribution >= 4 is 34.1 Å². The van der Waals surface area contributed by atoms with Crippen molar-refractivity contribution in [1.29, 1.82) is 0 Å². The Balaban J connectivity index is 1.65. The second kappa shape index (κ2) is 7.18. The highest BCUT2D eigenvalue weighted by molar-refractivity contribution is 5.97. The Morgan fingerprint density at radius 3 is 2.62 bits per heavy atom. The highest BCUT2D eigenvalue weighted by Gasteiger charge is 2.16. The van der Waals surface area contributed by atoms with Gasteiger partial charge < -0.3 is 5.32 Å². The molecule has 0 spiro atoms. The molecular formula is C19H17N3O4. The van der Waals surface area contributed by atoms with Gasteiger partial charge in [-0.25, -0.2) is 0 Å². The minimum Gasteiger partial charge on any atom is -0.326 e. The van der Waals surface area contributed by atoms with Crippen molar-refractivity contribution in [3.8, 4) is 0 Å². The number of amides is 1. The molecule has 1 aromatic heterocycles. The van der Waals surface area contributed by atoms with Crippen LogP contribution >= 0.6 is 0 Å². The topological polar surface area (TPSA) is 94.2 Å². The van der Waals surface area contributed by atoms with Crippen molar-refractivity contribution in [2.24, 2.45) is 0 Å². The summed E-state index contributed by atoms with van der Waals surface area (Å²) < 4.78 is 1.53. The highest BCUT2D eigenvalue weighted by Crippen LogP contribution is 2.25. The van der Waals surface area contributed by atoms with Crippen LogP contribution in [-0.4, -0.2) is 21.3 Å². The number of benzene rings is 2. The number of anilines is 1. The number of rotatable bonds is 5. The van der Waals surface area contributed by atoms with Crippen molar-refractivity contribution in [3.63, 3.8) is 0 Å². The average Bonchev–Trinajstić information content (AvgIpc) is 3.05. The van der Waals surface area contributed by atoms with E-state index in [1.807, 2.05) is 30.3 Å². The normalized spacial score (nSPS) is 10.7. The third kappa shape index (κ3) is 3.46. The Morgan fingerprint density at radius 2 is 1.85 bits per heavy atom. The second-order valence-corrected chi connectivity index (χ2v) is 5.89. The van der Waals surface area contributed by atoms with E-state index in [2.05, 4.69) is 5.32 Å². The van der Waals surface area contributed by atoms with E-state index in [1.54, 1.807) is 19.2 Å². The molecule has 0 saturated carbocycles. The van der Waals surface area contributed by atoms with Crippen molar-refractivity contribution in [3.05, 3.63) is 70.4 Å². The van der Waals surface area contributed by atoms with Gasteiger partial charge in [0.15, 0.2) is 0 Å². The number of aromatic nitrogens is 1. The number of nitrogens with zero attached hydrogens (tertiary/aromatic N) is 2. The number of nitro benzene ring substituents is 1. The molecule has 7 heteroatoms. The zero-order chi connectivity index (χ0) is 18.7. The smallest absolute Gasteiger partial charge is 0.274 e. The number of fused-ring (bicyclic) bond motifs is 1. The second-order valence-electron chi connectivity index (χ2n) is 5.89. The first-order valence-electron chi connectivity index (χ1n) is 8.10. The largest absolute Gasteiger partial charge is 0.326 e. The van der Waals surface area contributed by atoms with Gasteiger partial charge in [0.1, 0.15) is 0 Å².